The van der Waals surface area contributed by atoms with Gasteiger partial charge in [-0.15, -0.1) is 11.3 Å². The third-order valence-electron chi connectivity index (χ3n) is 6.30. The number of nitrogens with one attached hydrogen (secondary N) is 2. The number of anilines is 1. The Morgan fingerprint density at radius 1 is 1.15 bits per heavy atom. The summed E-state index contributed by atoms with van der Waals surface area (Å²) in [5.41, 5.74) is 4.95. The van der Waals surface area contributed by atoms with Gasteiger partial charge in [-0.2, -0.15) is 5.10 Å². The molecule has 1 aromatic heterocycles. The SMILES string of the molecule is CCOC(=O)c1c(NC(=O)c2ccc(O[C@@H](C)C(=O)N/N=C/c3ccc(O)cc3)cc2)sc2c1CC[C@H](C)C2. The second-order valence-corrected chi connectivity index (χ2v) is 10.4. The highest BCUT2D eigenvalue weighted by atomic mass is 32.1. The fourth-order valence-corrected chi connectivity index (χ4v) is 5.59. The molecule has 1 aliphatic carbocycles. The lowest BCUT2D eigenvalue weighted by Gasteiger charge is -2.18. The summed E-state index contributed by atoms with van der Waals surface area (Å²) in [4.78, 5) is 39.2. The van der Waals surface area contributed by atoms with Crippen molar-refractivity contribution in [3.63, 3.8) is 0 Å². The zero-order valence-electron chi connectivity index (χ0n) is 22.0. The van der Waals surface area contributed by atoms with E-state index in [1.54, 1.807) is 50.2 Å². The number of phenols is 1. The Morgan fingerprint density at radius 3 is 2.56 bits per heavy atom. The zero-order valence-corrected chi connectivity index (χ0v) is 22.8. The number of thiophene rings is 1. The van der Waals surface area contributed by atoms with Crippen LogP contribution in [0.3, 0.4) is 0 Å². The number of rotatable bonds is 9. The van der Waals surface area contributed by atoms with E-state index < -0.39 is 18.0 Å². The van der Waals surface area contributed by atoms with E-state index in [2.05, 4.69) is 22.8 Å². The van der Waals surface area contributed by atoms with E-state index in [4.69, 9.17) is 9.47 Å². The van der Waals surface area contributed by atoms with E-state index in [1.807, 2.05) is 0 Å². The third-order valence-corrected chi connectivity index (χ3v) is 7.47. The summed E-state index contributed by atoms with van der Waals surface area (Å²) < 4.78 is 11.0. The van der Waals surface area contributed by atoms with Crippen molar-refractivity contribution in [2.75, 3.05) is 11.9 Å². The zero-order chi connectivity index (χ0) is 27.9. The van der Waals surface area contributed by atoms with Crippen molar-refractivity contribution in [2.24, 2.45) is 11.0 Å². The highest BCUT2D eigenvalue weighted by molar-refractivity contribution is 7.17. The Labute approximate surface area is 230 Å². The van der Waals surface area contributed by atoms with E-state index in [0.717, 1.165) is 29.7 Å². The third kappa shape index (κ3) is 7.02. The maximum Gasteiger partial charge on any atom is 0.341 e. The van der Waals surface area contributed by atoms with Crippen LogP contribution < -0.4 is 15.5 Å². The Balaban J connectivity index is 1.37. The van der Waals surface area contributed by atoms with E-state index >= 15 is 0 Å². The molecule has 3 N–H and O–H groups in total. The van der Waals surface area contributed by atoms with E-state index in [-0.39, 0.29) is 18.3 Å². The second-order valence-electron chi connectivity index (χ2n) is 9.34. The standard InChI is InChI=1S/C29H31N3O6S/c1-4-37-29(36)25-23-14-5-17(2)15-24(23)39-28(25)31-27(35)20-8-12-22(13-9-20)38-18(3)26(34)32-30-16-19-6-10-21(33)11-7-19/h6-13,16-18,33H,4-5,14-15H2,1-3H3,(H,31,35)(H,32,34)/b30-16+/t17-,18-/m0/s1. The van der Waals surface area contributed by atoms with Crippen molar-refractivity contribution in [3.8, 4) is 11.5 Å². The molecule has 2 aromatic carbocycles. The first-order chi connectivity index (χ1) is 18.7. The smallest absolute Gasteiger partial charge is 0.341 e. The minimum atomic E-state index is -0.839. The molecule has 2 amide bonds. The number of phenolic OH excluding ortho intramolecular Hbond substituents is 1. The number of carbonyl (C=O) groups excluding carboxylic acids is 3. The molecular weight excluding hydrogens is 518 g/mol. The van der Waals surface area contributed by atoms with Gasteiger partial charge in [0.1, 0.15) is 16.5 Å². The van der Waals surface area contributed by atoms with Gasteiger partial charge in [0.15, 0.2) is 6.10 Å². The molecule has 2 atom stereocenters. The van der Waals surface area contributed by atoms with Gasteiger partial charge in [0.05, 0.1) is 18.4 Å². The van der Waals surface area contributed by atoms with Crippen molar-refractivity contribution in [1.82, 2.24) is 5.43 Å². The van der Waals surface area contributed by atoms with Crippen LogP contribution in [0.2, 0.25) is 0 Å². The first-order valence-corrected chi connectivity index (χ1v) is 13.6. The molecule has 0 fully saturated rings. The molecule has 0 aliphatic heterocycles. The van der Waals surface area contributed by atoms with Gasteiger partial charge in [0, 0.05) is 10.4 Å². The molecule has 3 aromatic rings. The van der Waals surface area contributed by atoms with Crippen LogP contribution in [-0.2, 0) is 22.4 Å². The van der Waals surface area contributed by atoms with Gasteiger partial charge in [0.25, 0.3) is 11.8 Å². The normalized spacial score (nSPS) is 15.3. The van der Waals surface area contributed by atoms with Crippen LogP contribution in [-0.4, -0.2) is 41.8 Å². The largest absolute Gasteiger partial charge is 0.508 e. The molecule has 4 rings (SSSR count). The molecule has 10 heteroatoms. The van der Waals surface area contributed by atoms with Crippen LogP contribution in [0.4, 0.5) is 5.00 Å². The van der Waals surface area contributed by atoms with Crippen molar-refractivity contribution in [2.45, 2.75) is 46.1 Å². The topological polar surface area (TPSA) is 126 Å². The summed E-state index contributed by atoms with van der Waals surface area (Å²) >= 11 is 1.44. The quantitative estimate of drug-likeness (QED) is 0.198. The fraction of sp³-hybridized carbons (Fsp3) is 0.310. The molecule has 0 radical (unpaired) electrons. The lowest BCUT2D eigenvalue weighted by Crippen LogP contribution is -2.33. The number of esters is 1. The number of hydrogen-bond donors (Lipinski definition) is 3. The van der Waals surface area contributed by atoms with Crippen LogP contribution in [0.25, 0.3) is 0 Å². The summed E-state index contributed by atoms with van der Waals surface area (Å²) in [7, 11) is 0. The maximum absolute atomic E-state index is 13.0. The first kappa shape index (κ1) is 27.8. The molecule has 0 bridgehead atoms. The van der Waals surface area contributed by atoms with Gasteiger partial charge in [0.2, 0.25) is 0 Å². The van der Waals surface area contributed by atoms with Crippen LogP contribution in [0.5, 0.6) is 11.5 Å². The minimum Gasteiger partial charge on any atom is -0.508 e. The Hall–Kier alpha value is -4.18. The lowest BCUT2D eigenvalue weighted by atomic mass is 9.88. The predicted octanol–water partition coefficient (Wildman–Crippen LogP) is 4.93. The predicted molar refractivity (Wildman–Crippen MR) is 150 cm³/mol. The lowest BCUT2D eigenvalue weighted by molar-refractivity contribution is -0.127. The fourth-order valence-electron chi connectivity index (χ4n) is 4.20. The van der Waals surface area contributed by atoms with Crippen LogP contribution in [0.15, 0.2) is 53.6 Å². The average Bonchev–Trinajstić information content (AvgIpc) is 3.27. The molecule has 0 saturated carbocycles. The monoisotopic (exact) mass is 549 g/mol. The number of aromatic hydroxyl groups is 1. The van der Waals surface area contributed by atoms with E-state index in [1.165, 1.54) is 29.7 Å². The summed E-state index contributed by atoms with van der Waals surface area (Å²) in [6, 6.07) is 12.8. The Kier molecular flexibility index (Phi) is 8.98. The summed E-state index contributed by atoms with van der Waals surface area (Å²) in [5.74, 6) is -0.143. The van der Waals surface area contributed by atoms with E-state index in [0.29, 0.717) is 33.4 Å². The Bertz CT molecular complexity index is 1360. The highest BCUT2D eigenvalue weighted by Crippen LogP contribution is 2.40. The van der Waals surface area contributed by atoms with Gasteiger partial charge in [-0.1, -0.05) is 6.92 Å². The molecule has 204 valence electrons. The van der Waals surface area contributed by atoms with E-state index in [9.17, 15) is 19.5 Å². The number of nitrogens with zero attached hydrogens (tertiary/aromatic N) is 1. The van der Waals surface area contributed by atoms with Crippen molar-refractivity contribution in [3.05, 3.63) is 75.7 Å². The van der Waals surface area contributed by atoms with Crippen molar-refractivity contribution >= 4 is 40.3 Å². The number of amides is 2. The average molecular weight is 550 g/mol. The molecule has 0 spiro atoms. The molecule has 9 nitrogen and oxygen atoms in total. The van der Waals surface area contributed by atoms with Gasteiger partial charge in [-0.3, -0.25) is 9.59 Å². The number of ether oxygens (including phenoxy) is 2. The van der Waals surface area contributed by atoms with Gasteiger partial charge in [-0.25, -0.2) is 10.2 Å². The number of carbonyl (C=O) groups is 3. The van der Waals surface area contributed by atoms with Gasteiger partial charge >= 0.3 is 5.97 Å². The van der Waals surface area contributed by atoms with Crippen LogP contribution in [0, 0.1) is 5.92 Å². The maximum atomic E-state index is 13.0. The second kappa shape index (κ2) is 12.6. The number of hydrogen-bond acceptors (Lipinski definition) is 8. The van der Waals surface area contributed by atoms with Gasteiger partial charge in [-0.05, 0) is 98.7 Å². The summed E-state index contributed by atoms with van der Waals surface area (Å²) in [6.07, 6.45) is 3.27. The molecule has 1 aliphatic rings. The Morgan fingerprint density at radius 2 is 1.87 bits per heavy atom. The number of benzene rings is 2. The number of fused-ring (bicyclic) bond motifs is 1. The highest BCUT2D eigenvalue weighted by Gasteiger charge is 2.29. The van der Waals surface area contributed by atoms with Crippen LogP contribution >= 0.6 is 11.3 Å². The molecule has 0 saturated heterocycles. The molecule has 0 unspecified atom stereocenters. The minimum absolute atomic E-state index is 0.142. The summed E-state index contributed by atoms with van der Waals surface area (Å²) in [6.45, 7) is 5.79. The number of hydrazone groups is 1. The molecular formula is C29H31N3O6S. The van der Waals surface area contributed by atoms with Gasteiger partial charge < -0.3 is 19.9 Å². The summed E-state index contributed by atoms with van der Waals surface area (Å²) in [5, 5.41) is 16.6. The first-order valence-electron chi connectivity index (χ1n) is 12.8. The molecule has 39 heavy (non-hydrogen) atoms. The van der Waals surface area contributed by atoms with Crippen molar-refractivity contribution < 1.29 is 29.0 Å². The van der Waals surface area contributed by atoms with Crippen molar-refractivity contribution in [1.29, 1.82) is 0 Å². The van der Waals surface area contributed by atoms with Crippen LogP contribution in [0.1, 0.15) is 63.9 Å². The molecule has 1 heterocycles.